The lowest BCUT2D eigenvalue weighted by Gasteiger charge is -2.22. The van der Waals surface area contributed by atoms with Crippen LogP contribution in [0.3, 0.4) is 0 Å². The summed E-state index contributed by atoms with van der Waals surface area (Å²) in [5, 5.41) is 0. The maximum absolute atomic E-state index is 12.7. The summed E-state index contributed by atoms with van der Waals surface area (Å²) in [7, 11) is 0. The van der Waals surface area contributed by atoms with Crippen LogP contribution in [0.5, 0.6) is 0 Å². The number of hydrogen-bond acceptors (Lipinski definition) is 0. The molecule has 0 aromatic heterocycles. The van der Waals surface area contributed by atoms with Gasteiger partial charge in [0, 0.05) is 0 Å². The Morgan fingerprint density at radius 1 is 0.821 bits per heavy atom. The van der Waals surface area contributed by atoms with Crippen LogP contribution in [0.25, 0.3) is 16.7 Å². The predicted molar refractivity (Wildman–Crippen MR) is 111 cm³/mol. The van der Waals surface area contributed by atoms with Crippen LogP contribution in [-0.2, 0) is 6.18 Å². The van der Waals surface area contributed by atoms with E-state index < -0.39 is 11.7 Å². The van der Waals surface area contributed by atoms with Crippen LogP contribution in [0.2, 0.25) is 0 Å². The van der Waals surface area contributed by atoms with Crippen molar-refractivity contribution < 1.29 is 13.2 Å². The number of allylic oxidation sites excluding steroid dienone is 2. The minimum absolute atomic E-state index is 0.607. The van der Waals surface area contributed by atoms with Gasteiger partial charge in [-0.25, -0.2) is 0 Å². The van der Waals surface area contributed by atoms with Crippen LogP contribution >= 0.6 is 0 Å². The van der Waals surface area contributed by atoms with Gasteiger partial charge < -0.3 is 0 Å². The van der Waals surface area contributed by atoms with Crippen molar-refractivity contribution in [1.29, 1.82) is 0 Å². The normalized spacial score (nSPS) is 17.4. The molecule has 150 valence electrons. The predicted octanol–water partition coefficient (Wildman–Crippen LogP) is 8.53. The topological polar surface area (TPSA) is 0 Å². The summed E-state index contributed by atoms with van der Waals surface area (Å²) in [6.07, 6.45) is 8.34. The van der Waals surface area contributed by atoms with Gasteiger partial charge in [0.15, 0.2) is 0 Å². The molecule has 1 atom stereocenters. The zero-order valence-corrected chi connectivity index (χ0v) is 16.6. The number of benzene rings is 2. The van der Waals surface area contributed by atoms with Crippen LogP contribution in [0.1, 0.15) is 69.4 Å². The third-order valence-corrected chi connectivity index (χ3v) is 5.79. The van der Waals surface area contributed by atoms with Gasteiger partial charge in [0.1, 0.15) is 0 Å². The lowest BCUT2D eigenvalue weighted by atomic mass is 9.83. The largest absolute Gasteiger partial charge is 0.416 e. The SMILES string of the molecule is CCCCCCC1CC=C(c2ccc(-c3ccc(C(F)(F)F)cc3)cc2)CC1. The van der Waals surface area contributed by atoms with E-state index in [1.54, 1.807) is 12.1 Å². The van der Waals surface area contributed by atoms with Crippen molar-refractivity contribution in [1.82, 2.24) is 0 Å². The Morgan fingerprint density at radius 3 is 1.96 bits per heavy atom. The second kappa shape index (κ2) is 9.45. The van der Waals surface area contributed by atoms with Crippen molar-refractivity contribution in [2.45, 2.75) is 64.5 Å². The quantitative estimate of drug-likeness (QED) is 0.418. The fourth-order valence-corrected chi connectivity index (χ4v) is 4.00. The molecule has 0 aliphatic heterocycles. The molecule has 0 spiro atoms. The average Bonchev–Trinajstić information content (AvgIpc) is 2.71. The highest BCUT2D eigenvalue weighted by Gasteiger charge is 2.29. The number of alkyl halides is 3. The fourth-order valence-electron chi connectivity index (χ4n) is 4.00. The number of unbranched alkanes of at least 4 members (excludes halogenated alkanes) is 3. The zero-order valence-electron chi connectivity index (χ0n) is 16.6. The minimum atomic E-state index is -4.29. The highest BCUT2D eigenvalue weighted by Crippen LogP contribution is 2.34. The molecule has 2 aromatic carbocycles. The smallest absolute Gasteiger partial charge is 0.166 e. The first-order valence-corrected chi connectivity index (χ1v) is 10.4. The molecule has 0 fully saturated rings. The van der Waals surface area contributed by atoms with Gasteiger partial charge in [-0.05, 0) is 59.6 Å². The summed E-state index contributed by atoms with van der Waals surface area (Å²) in [6.45, 7) is 2.25. The third-order valence-electron chi connectivity index (χ3n) is 5.79. The van der Waals surface area contributed by atoms with E-state index in [2.05, 4.69) is 25.1 Å². The van der Waals surface area contributed by atoms with E-state index >= 15 is 0 Å². The standard InChI is InChI=1S/C25H29F3/c1-2-3-4-5-6-19-7-9-20(10-8-19)21-11-13-22(14-12-21)23-15-17-24(18-16-23)25(26,27)28/h9,11-19H,2-8,10H2,1H3. The Morgan fingerprint density at radius 2 is 1.43 bits per heavy atom. The van der Waals surface area contributed by atoms with E-state index in [9.17, 15) is 13.2 Å². The van der Waals surface area contributed by atoms with Gasteiger partial charge in [-0.3, -0.25) is 0 Å². The second-order valence-corrected chi connectivity index (χ2v) is 7.87. The molecule has 0 heterocycles. The molecular weight excluding hydrogens is 357 g/mol. The van der Waals surface area contributed by atoms with Crippen molar-refractivity contribution in [3.8, 4) is 11.1 Å². The first kappa shape index (κ1) is 20.7. The van der Waals surface area contributed by atoms with E-state index in [0.29, 0.717) is 0 Å². The molecular formula is C25H29F3. The van der Waals surface area contributed by atoms with Crippen LogP contribution < -0.4 is 0 Å². The minimum Gasteiger partial charge on any atom is -0.166 e. The van der Waals surface area contributed by atoms with Gasteiger partial charge >= 0.3 is 6.18 Å². The van der Waals surface area contributed by atoms with Crippen LogP contribution in [0, 0.1) is 5.92 Å². The van der Waals surface area contributed by atoms with Crippen molar-refractivity contribution in [2.24, 2.45) is 5.92 Å². The van der Waals surface area contributed by atoms with Crippen molar-refractivity contribution in [3.63, 3.8) is 0 Å². The molecule has 3 heteroatoms. The number of halogens is 3. The van der Waals surface area contributed by atoms with Gasteiger partial charge in [0.25, 0.3) is 0 Å². The Bertz CT molecular complexity index is 767. The molecule has 0 nitrogen and oxygen atoms in total. The van der Waals surface area contributed by atoms with Crippen molar-refractivity contribution in [2.75, 3.05) is 0 Å². The van der Waals surface area contributed by atoms with Gasteiger partial charge in [0.05, 0.1) is 5.56 Å². The molecule has 0 N–H and O–H groups in total. The Kier molecular flexibility index (Phi) is 6.98. The van der Waals surface area contributed by atoms with Crippen LogP contribution in [0.15, 0.2) is 54.6 Å². The average molecular weight is 387 g/mol. The Balaban J connectivity index is 1.59. The van der Waals surface area contributed by atoms with E-state index in [4.69, 9.17) is 0 Å². The van der Waals surface area contributed by atoms with E-state index in [0.717, 1.165) is 35.6 Å². The molecule has 0 saturated heterocycles. The first-order valence-electron chi connectivity index (χ1n) is 10.4. The number of hydrogen-bond donors (Lipinski definition) is 0. The number of rotatable bonds is 7. The molecule has 28 heavy (non-hydrogen) atoms. The molecule has 0 saturated carbocycles. The maximum atomic E-state index is 12.7. The first-order chi connectivity index (χ1) is 13.5. The zero-order chi connectivity index (χ0) is 20.0. The summed E-state index contributed by atoms with van der Waals surface area (Å²) in [5.41, 5.74) is 3.79. The monoisotopic (exact) mass is 386 g/mol. The van der Waals surface area contributed by atoms with Gasteiger partial charge in [0.2, 0.25) is 0 Å². The van der Waals surface area contributed by atoms with Gasteiger partial charge in [-0.1, -0.05) is 81.5 Å². The molecule has 0 amide bonds. The Hall–Kier alpha value is -2.03. The van der Waals surface area contributed by atoms with Crippen molar-refractivity contribution in [3.05, 3.63) is 65.7 Å². The summed E-state index contributed by atoms with van der Waals surface area (Å²) >= 11 is 0. The third kappa shape index (κ3) is 5.50. The molecule has 1 unspecified atom stereocenters. The fraction of sp³-hybridized carbons (Fsp3) is 0.440. The molecule has 3 rings (SSSR count). The van der Waals surface area contributed by atoms with Crippen LogP contribution in [-0.4, -0.2) is 0 Å². The lowest BCUT2D eigenvalue weighted by Crippen LogP contribution is -2.05. The molecule has 0 radical (unpaired) electrons. The van der Waals surface area contributed by atoms with Crippen molar-refractivity contribution >= 4 is 5.57 Å². The second-order valence-electron chi connectivity index (χ2n) is 7.87. The summed E-state index contributed by atoms with van der Waals surface area (Å²) in [6, 6.07) is 13.6. The van der Waals surface area contributed by atoms with Crippen LogP contribution in [0.4, 0.5) is 13.2 Å². The summed E-state index contributed by atoms with van der Waals surface area (Å²) < 4.78 is 38.1. The van der Waals surface area contributed by atoms with E-state index in [1.165, 1.54) is 56.1 Å². The molecule has 1 aliphatic rings. The summed E-state index contributed by atoms with van der Waals surface area (Å²) in [4.78, 5) is 0. The molecule has 1 aliphatic carbocycles. The molecule has 2 aromatic rings. The van der Waals surface area contributed by atoms with E-state index in [-0.39, 0.29) is 0 Å². The Labute approximate surface area is 166 Å². The lowest BCUT2D eigenvalue weighted by molar-refractivity contribution is -0.137. The van der Waals surface area contributed by atoms with Gasteiger partial charge in [-0.15, -0.1) is 0 Å². The highest BCUT2D eigenvalue weighted by atomic mass is 19.4. The van der Waals surface area contributed by atoms with E-state index in [1.807, 2.05) is 12.1 Å². The van der Waals surface area contributed by atoms with Gasteiger partial charge in [-0.2, -0.15) is 13.2 Å². The maximum Gasteiger partial charge on any atom is 0.416 e. The molecule has 0 bridgehead atoms. The highest BCUT2D eigenvalue weighted by molar-refractivity contribution is 5.71. The summed E-state index contributed by atoms with van der Waals surface area (Å²) in [5.74, 6) is 0.826.